The van der Waals surface area contributed by atoms with Crippen molar-refractivity contribution in [2.24, 2.45) is 0 Å². The van der Waals surface area contributed by atoms with Gasteiger partial charge in [-0.25, -0.2) is 0 Å². The van der Waals surface area contributed by atoms with Crippen LogP contribution in [-0.2, 0) is 0 Å². The molecule has 2 fully saturated rings. The Morgan fingerprint density at radius 3 is 2.50 bits per heavy atom. The summed E-state index contributed by atoms with van der Waals surface area (Å²) in [6.45, 7) is 4.91. The Labute approximate surface area is 122 Å². The molecule has 1 spiro atoms. The van der Waals surface area contributed by atoms with Crippen molar-refractivity contribution in [3.8, 4) is 0 Å². The second kappa shape index (κ2) is 6.78. The van der Waals surface area contributed by atoms with E-state index in [9.17, 15) is 0 Å². The van der Waals surface area contributed by atoms with Crippen LogP contribution in [0.2, 0.25) is 10.6 Å². The molecule has 0 N–H and O–H groups in total. The van der Waals surface area contributed by atoms with E-state index in [1.165, 1.54) is 30.3 Å². The molecule has 2 saturated heterocycles. The van der Waals surface area contributed by atoms with Crippen LogP contribution in [0.25, 0.3) is 0 Å². The van der Waals surface area contributed by atoms with Gasteiger partial charge in [0.1, 0.15) is 0 Å². The van der Waals surface area contributed by atoms with Crippen LogP contribution in [0, 0.1) is 0 Å². The zero-order valence-corrected chi connectivity index (χ0v) is 15.3. The molecule has 4 heteroatoms. The number of rotatable bonds is 0. The summed E-state index contributed by atoms with van der Waals surface area (Å²) in [6.07, 6.45) is 6.02. The molecule has 0 aromatic carbocycles. The molecule has 0 aliphatic carbocycles. The molecule has 3 atom stereocenters. The van der Waals surface area contributed by atoms with Crippen molar-refractivity contribution in [2.45, 2.75) is 63.2 Å². The molecule has 2 heterocycles. The average molecular weight is 388 g/mol. The molecule has 2 aliphatic rings. The molecule has 3 unspecified atom stereocenters. The number of thioether (sulfide) groups is 2. The standard InChI is InChI=1S/C12H22S2Se2/c1-10-8-15-12(14-11(2)9-16-12)6-4-3-5-7-13-10/h10-11H,3-9H2,1-2H3. The van der Waals surface area contributed by atoms with Crippen LogP contribution in [0.5, 0.6) is 0 Å². The Kier molecular flexibility index (Phi) is 5.99. The molecule has 2 rings (SSSR count). The Morgan fingerprint density at radius 1 is 1.00 bits per heavy atom. The van der Waals surface area contributed by atoms with Gasteiger partial charge in [-0.2, -0.15) is 0 Å². The summed E-state index contributed by atoms with van der Waals surface area (Å²) in [5.41, 5.74) is 0. The van der Waals surface area contributed by atoms with Gasteiger partial charge in [0.05, 0.1) is 0 Å². The van der Waals surface area contributed by atoms with Crippen molar-refractivity contribution in [2.75, 3.05) is 5.75 Å². The molecule has 94 valence electrons. The van der Waals surface area contributed by atoms with E-state index in [1.54, 1.807) is 11.7 Å². The minimum atomic E-state index is 0.811. The molecular formula is C12H22S2Se2. The van der Waals surface area contributed by atoms with Gasteiger partial charge >= 0.3 is 122 Å². The molecule has 0 bridgehead atoms. The summed E-state index contributed by atoms with van der Waals surface area (Å²) >= 11 is 6.46. The first-order valence-corrected chi connectivity index (χ1v) is 12.3. The van der Waals surface area contributed by atoms with Crippen molar-refractivity contribution in [1.82, 2.24) is 0 Å². The van der Waals surface area contributed by atoms with Crippen LogP contribution in [0.3, 0.4) is 0 Å². The van der Waals surface area contributed by atoms with Gasteiger partial charge in [0.25, 0.3) is 0 Å². The fraction of sp³-hybridized carbons (Fsp3) is 1.00. The molecule has 0 nitrogen and oxygen atoms in total. The van der Waals surface area contributed by atoms with E-state index in [1.807, 2.05) is 0 Å². The molecule has 2 aliphatic heterocycles. The predicted molar refractivity (Wildman–Crippen MR) is 81.3 cm³/mol. The van der Waals surface area contributed by atoms with E-state index in [-0.39, 0.29) is 0 Å². The van der Waals surface area contributed by atoms with E-state index in [2.05, 4.69) is 37.4 Å². The Hall–Kier alpha value is 1.74. The first-order valence-electron chi connectivity index (χ1n) is 6.27. The van der Waals surface area contributed by atoms with E-state index in [0.29, 0.717) is 0 Å². The molecule has 0 saturated carbocycles. The van der Waals surface area contributed by atoms with E-state index >= 15 is 0 Å². The van der Waals surface area contributed by atoms with Gasteiger partial charge < -0.3 is 0 Å². The molecule has 16 heavy (non-hydrogen) atoms. The summed E-state index contributed by atoms with van der Waals surface area (Å²) < 4.78 is 0.811. The number of hydrogen-bond donors (Lipinski definition) is 0. The normalized spacial score (nSPS) is 42.4. The van der Waals surface area contributed by atoms with Gasteiger partial charge in [-0.3, -0.25) is 0 Å². The van der Waals surface area contributed by atoms with Gasteiger partial charge in [0.15, 0.2) is 0 Å². The zero-order chi connectivity index (χ0) is 11.4. The van der Waals surface area contributed by atoms with E-state index < -0.39 is 0 Å². The number of hydrogen-bond acceptors (Lipinski definition) is 2. The second-order valence-corrected chi connectivity index (χ2v) is 16.0. The third kappa shape index (κ3) is 4.14. The van der Waals surface area contributed by atoms with Crippen LogP contribution < -0.4 is 0 Å². The van der Waals surface area contributed by atoms with Gasteiger partial charge in [-0.1, -0.05) is 0 Å². The van der Waals surface area contributed by atoms with Crippen molar-refractivity contribution in [3.05, 3.63) is 0 Å². The van der Waals surface area contributed by atoms with Gasteiger partial charge in [-0.05, 0) is 0 Å². The summed E-state index contributed by atoms with van der Waals surface area (Å²) in [5.74, 6) is 1.42. The van der Waals surface area contributed by atoms with Crippen LogP contribution in [0.15, 0.2) is 0 Å². The fourth-order valence-corrected chi connectivity index (χ4v) is 15.2. The minimum absolute atomic E-state index is 0.811. The SMILES string of the molecule is CC1C[Se]C2(CCCCCS1)SC(C)C[Se]2. The summed E-state index contributed by atoms with van der Waals surface area (Å²) in [7, 11) is 0. The first kappa shape index (κ1) is 14.2. The maximum atomic E-state index is 2.46. The van der Waals surface area contributed by atoms with E-state index in [4.69, 9.17) is 0 Å². The van der Waals surface area contributed by atoms with Gasteiger partial charge in [-0.15, -0.1) is 0 Å². The fourth-order valence-electron chi connectivity index (χ4n) is 2.10. The topological polar surface area (TPSA) is 0 Å². The Bertz CT molecular complexity index is 225. The monoisotopic (exact) mass is 390 g/mol. The molecule has 0 aromatic heterocycles. The Morgan fingerprint density at radius 2 is 1.75 bits per heavy atom. The van der Waals surface area contributed by atoms with E-state index in [0.717, 1.165) is 43.0 Å². The van der Waals surface area contributed by atoms with Crippen molar-refractivity contribution in [3.63, 3.8) is 0 Å². The van der Waals surface area contributed by atoms with Crippen LogP contribution in [0.4, 0.5) is 0 Å². The molecular weight excluding hydrogens is 366 g/mol. The molecule has 0 aromatic rings. The van der Waals surface area contributed by atoms with Crippen LogP contribution in [0.1, 0.15) is 39.5 Å². The third-order valence-electron chi connectivity index (χ3n) is 2.99. The van der Waals surface area contributed by atoms with Crippen LogP contribution >= 0.6 is 23.5 Å². The van der Waals surface area contributed by atoms with Crippen LogP contribution in [-0.4, -0.2) is 48.7 Å². The quantitative estimate of drug-likeness (QED) is 0.581. The van der Waals surface area contributed by atoms with Gasteiger partial charge in [0.2, 0.25) is 0 Å². The van der Waals surface area contributed by atoms with Crippen molar-refractivity contribution in [1.29, 1.82) is 0 Å². The van der Waals surface area contributed by atoms with Gasteiger partial charge in [0, 0.05) is 0 Å². The Balaban J connectivity index is 1.93. The summed E-state index contributed by atoms with van der Waals surface area (Å²) in [6, 6.07) is 0. The summed E-state index contributed by atoms with van der Waals surface area (Å²) in [4.78, 5) is 0. The average Bonchev–Trinajstić information content (AvgIpc) is 2.63. The maximum absolute atomic E-state index is 2.46. The summed E-state index contributed by atoms with van der Waals surface area (Å²) in [5, 5.41) is 4.97. The van der Waals surface area contributed by atoms with Crippen molar-refractivity contribution < 1.29 is 0 Å². The molecule has 0 amide bonds. The zero-order valence-electron chi connectivity index (χ0n) is 10.2. The third-order valence-corrected chi connectivity index (χ3v) is 16.8. The van der Waals surface area contributed by atoms with Crippen molar-refractivity contribution >= 4 is 53.4 Å². The predicted octanol–water partition coefficient (Wildman–Crippen LogP) is 3.72. The molecule has 0 radical (unpaired) electrons. The first-order chi connectivity index (χ1) is 7.70. The second-order valence-electron chi connectivity index (χ2n) is 4.73.